The van der Waals surface area contributed by atoms with Crippen molar-refractivity contribution in [2.24, 2.45) is 0 Å². The fraction of sp³-hybridized carbons (Fsp3) is 0.522. The largest absolute Gasteiger partial charge is 0.111 e. The summed E-state index contributed by atoms with van der Waals surface area (Å²) in [5.41, 5.74) is 5.32. The van der Waals surface area contributed by atoms with Crippen LogP contribution in [0.25, 0.3) is 0 Å². The van der Waals surface area contributed by atoms with Gasteiger partial charge in [0.25, 0.3) is 0 Å². The van der Waals surface area contributed by atoms with Gasteiger partial charge < -0.3 is 0 Å². The average Bonchev–Trinajstić information content (AvgIpc) is 2.58. The highest BCUT2D eigenvalue weighted by Gasteiger charge is 2.04. The highest BCUT2D eigenvalue weighted by atomic mass is 32.2. The number of allylic oxidation sites excluding steroid dienone is 2. The van der Waals surface area contributed by atoms with E-state index in [0.29, 0.717) is 0 Å². The predicted molar refractivity (Wildman–Crippen MR) is 108 cm³/mol. The quantitative estimate of drug-likeness (QED) is 0.303. The third kappa shape index (κ3) is 8.08. The molecule has 1 aromatic carbocycles. The van der Waals surface area contributed by atoms with Crippen LogP contribution in [0.3, 0.4) is 0 Å². The van der Waals surface area contributed by atoms with Crippen LogP contribution >= 0.6 is 11.8 Å². The molecule has 0 bridgehead atoms. The highest BCUT2D eigenvalue weighted by Crippen LogP contribution is 2.29. The minimum atomic E-state index is 0.920. The minimum Gasteiger partial charge on any atom is -0.111 e. The third-order valence-corrected chi connectivity index (χ3v) is 5.61. The molecule has 0 aliphatic heterocycles. The predicted octanol–water partition coefficient (Wildman–Crippen LogP) is 8.07. The van der Waals surface area contributed by atoms with Crippen LogP contribution in [0.2, 0.25) is 0 Å². The maximum absolute atomic E-state index is 3.94. The molecule has 0 heterocycles. The summed E-state index contributed by atoms with van der Waals surface area (Å²) in [5, 5.41) is 0. The van der Waals surface area contributed by atoms with E-state index in [0.717, 1.165) is 6.42 Å². The van der Waals surface area contributed by atoms with Gasteiger partial charge in [-0.1, -0.05) is 81.0 Å². The molecule has 1 aliphatic carbocycles. The van der Waals surface area contributed by atoms with Gasteiger partial charge in [0.1, 0.15) is 0 Å². The molecule has 0 radical (unpaired) electrons. The Balaban J connectivity index is 2.10. The van der Waals surface area contributed by atoms with Crippen molar-refractivity contribution in [2.45, 2.75) is 81.9 Å². The van der Waals surface area contributed by atoms with Crippen molar-refractivity contribution in [3.8, 4) is 0 Å². The van der Waals surface area contributed by atoms with Crippen LogP contribution in [0.1, 0.15) is 77.0 Å². The van der Waals surface area contributed by atoms with Gasteiger partial charge in [-0.2, -0.15) is 0 Å². The number of rotatable bonds is 4. The zero-order valence-corrected chi connectivity index (χ0v) is 15.9. The van der Waals surface area contributed by atoms with E-state index in [1.807, 2.05) is 17.8 Å². The van der Waals surface area contributed by atoms with Gasteiger partial charge in [-0.3, -0.25) is 0 Å². The van der Waals surface area contributed by atoms with Crippen molar-refractivity contribution in [3.05, 3.63) is 59.2 Å². The summed E-state index contributed by atoms with van der Waals surface area (Å²) in [5.74, 6) is 0. The molecule has 1 aliphatic rings. The van der Waals surface area contributed by atoms with Crippen LogP contribution in [-0.2, 0) is 0 Å². The third-order valence-electron chi connectivity index (χ3n) is 4.59. The summed E-state index contributed by atoms with van der Waals surface area (Å²) < 4.78 is 0. The molecule has 0 saturated heterocycles. The molecule has 1 heteroatoms. The first-order valence-electron chi connectivity index (χ1n) is 9.70. The summed E-state index contributed by atoms with van der Waals surface area (Å²) in [6.07, 6.45) is 18.0. The van der Waals surface area contributed by atoms with Gasteiger partial charge in [0, 0.05) is 16.2 Å². The summed E-state index contributed by atoms with van der Waals surface area (Å²) in [6, 6.07) is 10.7. The normalized spacial score (nSPS) is 17.2. The van der Waals surface area contributed by atoms with Gasteiger partial charge in [-0.05, 0) is 43.4 Å². The second kappa shape index (κ2) is 12.2. The van der Waals surface area contributed by atoms with Crippen LogP contribution in [0.5, 0.6) is 0 Å². The van der Waals surface area contributed by atoms with Gasteiger partial charge in [-0.25, -0.2) is 0 Å². The molecule has 0 atom stereocenters. The Hall–Kier alpha value is -1.17. The molecular formula is C23H32S. The smallest absolute Gasteiger partial charge is 0.0352 e. The van der Waals surface area contributed by atoms with E-state index in [1.54, 1.807) is 0 Å². The van der Waals surface area contributed by atoms with Gasteiger partial charge in [0.15, 0.2) is 0 Å². The number of thioether (sulfide) groups is 1. The van der Waals surface area contributed by atoms with Gasteiger partial charge in [0.2, 0.25) is 0 Å². The van der Waals surface area contributed by atoms with Crippen LogP contribution in [0.15, 0.2) is 64.1 Å². The minimum absolute atomic E-state index is 0.920. The molecular weight excluding hydrogens is 308 g/mol. The van der Waals surface area contributed by atoms with E-state index in [9.17, 15) is 0 Å². The first-order chi connectivity index (χ1) is 11.9. The Labute approximate surface area is 153 Å². The Bertz CT molecular complexity index is 520. The van der Waals surface area contributed by atoms with Crippen LogP contribution in [0, 0.1) is 0 Å². The maximum Gasteiger partial charge on any atom is 0.0352 e. The second-order valence-corrected chi connectivity index (χ2v) is 7.91. The Morgan fingerprint density at radius 1 is 0.875 bits per heavy atom. The molecule has 0 amide bonds. The highest BCUT2D eigenvalue weighted by molar-refractivity contribution is 8.03. The lowest BCUT2D eigenvalue weighted by atomic mass is 9.98. The molecule has 0 aromatic heterocycles. The van der Waals surface area contributed by atoms with Crippen LogP contribution < -0.4 is 0 Å². The Morgan fingerprint density at radius 3 is 1.96 bits per heavy atom. The molecule has 1 saturated carbocycles. The second-order valence-electron chi connectivity index (χ2n) is 6.74. The molecule has 0 spiro atoms. The van der Waals surface area contributed by atoms with Gasteiger partial charge in [0.05, 0.1) is 0 Å². The van der Waals surface area contributed by atoms with Gasteiger partial charge in [-0.15, -0.1) is 12.3 Å². The van der Waals surface area contributed by atoms with E-state index in [1.165, 1.54) is 86.0 Å². The summed E-state index contributed by atoms with van der Waals surface area (Å²) in [4.78, 5) is 2.62. The van der Waals surface area contributed by atoms with Crippen molar-refractivity contribution < 1.29 is 0 Å². The molecule has 0 N–H and O–H groups in total. The van der Waals surface area contributed by atoms with E-state index >= 15 is 0 Å². The van der Waals surface area contributed by atoms with E-state index in [4.69, 9.17) is 0 Å². The zero-order valence-electron chi connectivity index (χ0n) is 15.1. The van der Waals surface area contributed by atoms with E-state index in [-0.39, 0.29) is 0 Å². The monoisotopic (exact) mass is 340 g/mol. The van der Waals surface area contributed by atoms with Crippen LogP contribution in [-0.4, -0.2) is 0 Å². The fourth-order valence-corrected chi connectivity index (χ4v) is 4.22. The number of hydrogen-bond acceptors (Lipinski definition) is 1. The lowest BCUT2D eigenvalue weighted by molar-refractivity contribution is 0.540. The summed E-state index contributed by atoms with van der Waals surface area (Å²) in [7, 11) is 0. The lowest BCUT2D eigenvalue weighted by Crippen LogP contribution is -1.90. The molecule has 0 unspecified atom stereocenters. The molecule has 1 fully saturated rings. The average molecular weight is 341 g/mol. The summed E-state index contributed by atoms with van der Waals surface area (Å²) >= 11 is 1.85. The van der Waals surface area contributed by atoms with Gasteiger partial charge >= 0.3 is 0 Å². The van der Waals surface area contributed by atoms with Crippen molar-refractivity contribution >= 4 is 11.8 Å². The molecule has 130 valence electrons. The Morgan fingerprint density at radius 2 is 1.42 bits per heavy atom. The maximum atomic E-state index is 3.94. The first-order valence-corrected chi connectivity index (χ1v) is 10.5. The SMILES string of the molecule is C=CCC(=C=C1CCCCCCCCCCC1)Sc1ccccc1. The molecule has 24 heavy (non-hydrogen) atoms. The topological polar surface area (TPSA) is 0 Å². The van der Waals surface area contributed by atoms with Crippen molar-refractivity contribution in [3.63, 3.8) is 0 Å². The van der Waals surface area contributed by atoms with Crippen molar-refractivity contribution in [1.82, 2.24) is 0 Å². The lowest BCUT2D eigenvalue weighted by Gasteiger charge is -2.09. The van der Waals surface area contributed by atoms with Crippen LogP contribution in [0.4, 0.5) is 0 Å². The van der Waals surface area contributed by atoms with Crippen molar-refractivity contribution in [1.29, 1.82) is 0 Å². The van der Waals surface area contributed by atoms with E-state index in [2.05, 4.69) is 42.6 Å². The number of benzene rings is 1. The summed E-state index contributed by atoms with van der Waals surface area (Å²) in [6.45, 7) is 3.94. The molecule has 1 aromatic rings. The molecule has 2 rings (SSSR count). The zero-order chi connectivity index (χ0) is 16.9. The Kier molecular flexibility index (Phi) is 9.76. The fourth-order valence-electron chi connectivity index (χ4n) is 3.24. The first kappa shape index (κ1) is 19.2. The standard InChI is InChI=1S/C23H32S/c1-2-15-23(24-22-18-13-10-14-19-22)20-21-16-11-8-6-4-3-5-7-9-12-17-21/h2,10,13-14,18-19H,1,3-9,11-12,15-17H2. The number of hydrogen-bond donors (Lipinski definition) is 0. The van der Waals surface area contributed by atoms with E-state index < -0.39 is 0 Å². The van der Waals surface area contributed by atoms with Crippen molar-refractivity contribution in [2.75, 3.05) is 0 Å². The molecule has 0 nitrogen and oxygen atoms in total.